The average Bonchev–Trinajstić information content (AvgIpc) is 3.30. The monoisotopic (exact) mass is 598 g/mol. The molecule has 2 aliphatic rings. The molecule has 222 valence electrons. The van der Waals surface area contributed by atoms with Crippen LogP contribution in [0.2, 0.25) is 5.02 Å². The van der Waals surface area contributed by atoms with Gasteiger partial charge in [-0.15, -0.1) is 0 Å². The third-order valence-corrected chi connectivity index (χ3v) is 8.74. The molecule has 0 saturated carbocycles. The number of fused-ring (bicyclic) bond motifs is 2. The van der Waals surface area contributed by atoms with Gasteiger partial charge in [0.05, 0.1) is 18.2 Å². The first-order valence-corrected chi connectivity index (χ1v) is 14.9. The maximum Gasteiger partial charge on any atom is 0.319 e. The van der Waals surface area contributed by atoms with E-state index in [4.69, 9.17) is 21.3 Å². The summed E-state index contributed by atoms with van der Waals surface area (Å²) in [5.74, 6) is -2.29. The molecule has 0 radical (unpaired) electrons. The first-order valence-electron chi connectivity index (χ1n) is 14.5. The van der Waals surface area contributed by atoms with Crippen LogP contribution >= 0.6 is 11.6 Å². The zero-order valence-electron chi connectivity index (χ0n) is 23.7. The van der Waals surface area contributed by atoms with Crippen molar-refractivity contribution in [3.05, 3.63) is 53.3 Å². The zero-order valence-corrected chi connectivity index (χ0v) is 24.5. The fraction of sp³-hybridized carbons (Fsp3) is 0.438. The predicted octanol–water partition coefficient (Wildman–Crippen LogP) is 7.68. The molecule has 2 aliphatic heterocycles. The lowest BCUT2D eigenvalue weighted by atomic mass is 9.94. The van der Waals surface area contributed by atoms with Crippen molar-refractivity contribution in [2.45, 2.75) is 51.5 Å². The van der Waals surface area contributed by atoms with Gasteiger partial charge in [-0.3, -0.25) is 4.90 Å². The number of hydrogen-bond donors (Lipinski definition) is 1. The molecule has 3 aromatic carbocycles. The number of phenols is 1. The van der Waals surface area contributed by atoms with E-state index < -0.39 is 11.7 Å². The Balaban J connectivity index is 1.41. The Morgan fingerprint density at radius 3 is 2.69 bits per heavy atom. The molecule has 42 heavy (non-hydrogen) atoms. The fourth-order valence-electron chi connectivity index (χ4n) is 6.23. The van der Waals surface area contributed by atoms with Gasteiger partial charge in [0.1, 0.15) is 17.1 Å². The minimum atomic E-state index is -2.64. The van der Waals surface area contributed by atoms with Crippen molar-refractivity contribution in [3.63, 3.8) is 0 Å². The highest BCUT2D eigenvalue weighted by atomic mass is 35.5. The van der Waals surface area contributed by atoms with Crippen molar-refractivity contribution in [2.75, 3.05) is 37.7 Å². The van der Waals surface area contributed by atoms with Gasteiger partial charge >= 0.3 is 6.01 Å². The van der Waals surface area contributed by atoms with Crippen LogP contribution in [0, 0.1) is 11.7 Å². The summed E-state index contributed by atoms with van der Waals surface area (Å²) in [5, 5.41) is 12.6. The van der Waals surface area contributed by atoms with Gasteiger partial charge < -0.3 is 14.7 Å². The number of piperidine rings is 1. The number of nitrogens with zero attached hydrogens (tertiary/aromatic N) is 4. The lowest BCUT2D eigenvalue weighted by Crippen LogP contribution is -2.41. The molecule has 0 unspecified atom stereocenters. The molecule has 2 atom stereocenters. The number of likely N-dealkylation sites (tertiary alicyclic amines) is 1. The second-order valence-electron chi connectivity index (χ2n) is 11.8. The van der Waals surface area contributed by atoms with Crippen LogP contribution in [0.25, 0.3) is 32.8 Å². The first kappa shape index (κ1) is 28.8. The van der Waals surface area contributed by atoms with E-state index in [2.05, 4.69) is 23.7 Å². The van der Waals surface area contributed by atoms with Crippen LogP contribution in [0.15, 0.2) is 42.5 Å². The van der Waals surface area contributed by atoms with Gasteiger partial charge in [-0.25, -0.2) is 13.2 Å². The molecule has 1 aromatic heterocycles. The third kappa shape index (κ3) is 5.69. The Labute approximate surface area is 248 Å². The highest BCUT2D eigenvalue weighted by Gasteiger charge is 2.37. The Bertz CT molecular complexity index is 1640. The summed E-state index contributed by atoms with van der Waals surface area (Å²) in [6.07, 6.45) is 2.43. The standard InChI is InChI=1S/C32H34ClF3N4O2/c1-19-8-9-20(2)40(17-19)30-25-16-26(33)27(24-15-22(41)14-21-6-3-4-7-23(21)24)28(34)29(25)37-31(38-30)42-13-5-11-39-12-10-32(35,36)18-39/h3-4,6-7,14-16,19-20,41H,5,8-13,17-18H2,1-2H3/t19-,20-/m0/s1. The molecule has 10 heteroatoms. The highest BCUT2D eigenvalue weighted by molar-refractivity contribution is 6.35. The van der Waals surface area contributed by atoms with Gasteiger partial charge in [-0.2, -0.15) is 9.97 Å². The molecule has 6 nitrogen and oxygen atoms in total. The highest BCUT2D eigenvalue weighted by Crippen LogP contribution is 2.43. The number of anilines is 1. The van der Waals surface area contributed by atoms with Crippen molar-refractivity contribution in [2.24, 2.45) is 5.92 Å². The lowest BCUT2D eigenvalue weighted by Gasteiger charge is -2.38. The summed E-state index contributed by atoms with van der Waals surface area (Å²) in [4.78, 5) is 13.1. The zero-order chi connectivity index (χ0) is 29.6. The molecule has 0 bridgehead atoms. The molecule has 2 saturated heterocycles. The molecule has 2 fully saturated rings. The van der Waals surface area contributed by atoms with Crippen LogP contribution in [0.1, 0.15) is 39.5 Å². The molecule has 4 aromatic rings. The van der Waals surface area contributed by atoms with Crippen LogP contribution in [0.5, 0.6) is 11.8 Å². The van der Waals surface area contributed by atoms with E-state index in [1.54, 1.807) is 17.0 Å². The molecule has 0 spiro atoms. The van der Waals surface area contributed by atoms with E-state index in [-0.39, 0.29) is 53.5 Å². The Morgan fingerprint density at radius 2 is 1.90 bits per heavy atom. The minimum absolute atomic E-state index is 0.00134. The van der Waals surface area contributed by atoms with Crippen LogP contribution in [-0.2, 0) is 0 Å². The van der Waals surface area contributed by atoms with Crippen molar-refractivity contribution >= 4 is 39.1 Å². The van der Waals surface area contributed by atoms with Gasteiger partial charge in [0.2, 0.25) is 0 Å². The number of ether oxygens (including phenoxy) is 1. The molecular formula is C32H34ClF3N4O2. The topological polar surface area (TPSA) is 61.7 Å². The van der Waals surface area contributed by atoms with Crippen molar-refractivity contribution in [1.82, 2.24) is 14.9 Å². The molecule has 1 N–H and O–H groups in total. The number of aromatic hydroxyl groups is 1. The van der Waals surface area contributed by atoms with E-state index in [0.717, 1.165) is 30.2 Å². The molecule has 0 amide bonds. The second kappa shape index (κ2) is 11.4. The quantitative estimate of drug-likeness (QED) is 0.220. The van der Waals surface area contributed by atoms with Crippen LogP contribution in [-0.4, -0.2) is 64.7 Å². The molecule has 0 aliphatic carbocycles. The largest absolute Gasteiger partial charge is 0.508 e. The number of benzene rings is 3. The number of aromatic nitrogens is 2. The number of rotatable bonds is 7. The lowest BCUT2D eigenvalue weighted by molar-refractivity contribution is 0.0118. The van der Waals surface area contributed by atoms with Gasteiger partial charge in [0, 0.05) is 43.0 Å². The van der Waals surface area contributed by atoms with E-state index >= 15 is 4.39 Å². The Kier molecular flexibility index (Phi) is 7.83. The van der Waals surface area contributed by atoms with Crippen LogP contribution in [0.3, 0.4) is 0 Å². The van der Waals surface area contributed by atoms with Crippen molar-refractivity contribution in [1.29, 1.82) is 0 Å². The maximum atomic E-state index is 16.6. The maximum absolute atomic E-state index is 16.6. The molecule has 3 heterocycles. The summed E-state index contributed by atoms with van der Waals surface area (Å²) in [5.41, 5.74) is 0.674. The van der Waals surface area contributed by atoms with Crippen LogP contribution in [0.4, 0.5) is 19.0 Å². The van der Waals surface area contributed by atoms with Gasteiger partial charge in [-0.1, -0.05) is 42.8 Å². The van der Waals surface area contributed by atoms with Crippen molar-refractivity contribution < 1.29 is 23.0 Å². The number of hydrogen-bond acceptors (Lipinski definition) is 6. The summed E-state index contributed by atoms with van der Waals surface area (Å²) >= 11 is 6.81. The number of alkyl halides is 2. The van der Waals surface area contributed by atoms with Gasteiger partial charge in [-0.05, 0) is 66.6 Å². The first-order chi connectivity index (χ1) is 20.1. The molecule has 6 rings (SSSR count). The van der Waals surface area contributed by atoms with Crippen molar-refractivity contribution in [3.8, 4) is 22.9 Å². The number of halogens is 4. The summed E-state index contributed by atoms with van der Waals surface area (Å²) in [6.45, 7) is 5.83. The van der Waals surface area contributed by atoms with E-state index in [0.29, 0.717) is 42.2 Å². The normalized spacial score (nSPS) is 21.0. The number of phenolic OH excluding ortho intramolecular Hbond substituents is 1. The van der Waals surface area contributed by atoms with Gasteiger partial charge in [0.25, 0.3) is 5.92 Å². The van der Waals surface area contributed by atoms with E-state index in [9.17, 15) is 13.9 Å². The summed E-state index contributed by atoms with van der Waals surface area (Å²) in [7, 11) is 0. The summed E-state index contributed by atoms with van der Waals surface area (Å²) in [6, 6.07) is 12.4. The Morgan fingerprint density at radius 1 is 1.10 bits per heavy atom. The second-order valence-corrected chi connectivity index (χ2v) is 12.2. The summed E-state index contributed by atoms with van der Waals surface area (Å²) < 4.78 is 49.7. The SMILES string of the molecule is C[C@H]1CC[C@H](C)N(c2nc(OCCCN3CCC(F)(F)C3)nc3c(F)c(-c4cc(O)cc5ccccc45)c(Cl)cc23)C1. The minimum Gasteiger partial charge on any atom is -0.508 e. The Hall–Kier alpha value is -3.30. The molecular weight excluding hydrogens is 565 g/mol. The third-order valence-electron chi connectivity index (χ3n) is 8.45. The van der Waals surface area contributed by atoms with Gasteiger partial charge in [0.15, 0.2) is 5.82 Å². The van der Waals surface area contributed by atoms with E-state index in [1.807, 2.05) is 24.3 Å². The van der Waals surface area contributed by atoms with E-state index in [1.165, 1.54) is 6.07 Å². The predicted molar refractivity (Wildman–Crippen MR) is 160 cm³/mol. The average molecular weight is 599 g/mol. The fourth-order valence-corrected chi connectivity index (χ4v) is 6.52. The smallest absolute Gasteiger partial charge is 0.319 e. The van der Waals surface area contributed by atoms with Crippen LogP contribution < -0.4 is 9.64 Å².